The van der Waals surface area contributed by atoms with Crippen LogP contribution in [0.3, 0.4) is 0 Å². The number of nitrogens with one attached hydrogen (secondary N) is 8. The molecule has 0 radical (unpaired) electrons. The van der Waals surface area contributed by atoms with Crippen LogP contribution in [0, 0.1) is 0 Å². The molecule has 0 heterocycles. The summed E-state index contributed by atoms with van der Waals surface area (Å²) < 4.78 is 0. The van der Waals surface area contributed by atoms with Crippen LogP contribution in [0.1, 0.15) is 56.6 Å². The molecule has 0 bridgehead atoms. The molecule has 15 N–H and O–H groups in total. The summed E-state index contributed by atoms with van der Waals surface area (Å²) in [6.07, 6.45) is -3.00. The number of amides is 6. The Bertz CT molecular complexity index is 2210. The summed E-state index contributed by atoms with van der Waals surface area (Å²) >= 11 is 5.00. The second-order valence-electron chi connectivity index (χ2n) is 15.6. The Morgan fingerprint density at radius 2 is 1.01 bits per heavy atom. The first-order chi connectivity index (χ1) is 34.1. The maximum absolute atomic E-state index is 14.0. The topological polar surface area (TPSA) is 411 Å². The van der Waals surface area contributed by atoms with Crippen molar-refractivity contribution < 1.29 is 78.3 Å². The van der Waals surface area contributed by atoms with Gasteiger partial charge in [0.1, 0.15) is 42.3 Å². The van der Waals surface area contributed by atoms with E-state index in [1.54, 1.807) is 60.7 Å². The first-order valence-electron chi connectivity index (χ1n) is 22.1. The molecule has 0 saturated heterocycles. The minimum Gasteiger partial charge on any atom is -0.481 e. The van der Waals surface area contributed by atoms with Gasteiger partial charge in [0.15, 0.2) is 5.11 Å². The van der Waals surface area contributed by atoms with Crippen LogP contribution < -0.4 is 48.3 Å². The van der Waals surface area contributed by atoms with Gasteiger partial charge < -0.3 is 73.8 Å². The van der Waals surface area contributed by atoms with Crippen LogP contribution in [0.5, 0.6) is 0 Å². The molecule has 2 aromatic rings. The molecule has 2 aromatic carbocycles. The van der Waals surface area contributed by atoms with Crippen LogP contribution in [0.25, 0.3) is 0 Å². The highest BCUT2D eigenvalue weighted by atomic mass is 33.1. The van der Waals surface area contributed by atoms with Gasteiger partial charge in [0.25, 0.3) is 0 Å². The highest BCUT2D eigenvalue weighted by Gasteiger charge is 2.32. The predicted molar refractivity (Wildman–Crippen MR) is 265 cm³/mol. The van der Waals surface area contributed by atoms with Gasteiger partial charge in [0.05, 0.1) is 6.42 Å². The Kier molecular flexibility index (Phi) is 27.8. The number of hydrogen-bond acceptors (Lipinski definition) is 15. The molecule has 72 heavy (non-hydrogen) atoms. The summed E-state index contributed by atoms with van der Waals surface area (Å²) in [5.74, 6) is -11.6. The highest BCUT2D eigenvalue weighted by Crippen LogP contribution is 2.21. The summed E-state index contributed by atoms with van der Waals surface area (Å²) in [5, 5.41) is 65.7. The molecule has 0 aliphatic carbocycles. The van der Waals surface area contributed by atoms with E-state index in [0.29, 0.717) is 16.9 Å². The average molecular weight is 1070 g/mol. The first kappa shape index (κ1) is 61.1. The standard InChI is InChI=1S/C44H59N9O16S3/c1-2-71-72-23-32(43(68)69)51-40(63)31(21-36(58)59)49-37(60)26(45)22-47-38(61)29(19-24-9-5-3-6-10-24)50-39(62)30(20-25-11-7-4-8-12-25)48-34(55)17-18-46-33(54)15-13-27(41(64)65)52-44(70)53-28(42(66)67)14-16-35(56)57/h3-12,26-32H,2,13-23,45H2,1H3,(H,46,54)(H,47,61)(H,48,55)(H,49,60)(H,50,62)(H,51,63)(H,56,57)(H,58,59)(H,64,65)(H,66,67)(H,68,69)(H2,52,53,70)/t26-,27-,28-,29-,30-,31-,32+/m0/s1. The Morgan fingerprint density at radius 3 is 1.51 bits per heavy atom. The number of benzene rings is 2. The van der Waals surface area contributed by atoms with E-state index in [1.165, 1.54) is 21.6 Å². The maximum Gasteiger partial charge on any atom is 0.327 e. The van der Waals surface area contributed by atoms with Crippen LogP contribution in [0.15, 0.2) is 60.7 Å². The van der Waals surface area contributed by atoms with Crippen molar-refractivity contribution in [1.29, 1.82) is 0 Å². The minimum atomic E-state index is -1.74. The van der Waals surface area contributed by atoms with Gasteiger partial charge in [-0.25, -0.2) is 14.4 Å². The van der Waals surface area contributed by atoms with Crippen molar-refractivity contribution in [1.82, 2.24) is 42.5 Å². The smallest absolute Gasteiger partial charge is 0.327 e. The van der Waals surface area contributed by atoms with Crippen molar-refractivity contribution in [3.63, 3.8) is 0 Å². The molecule has 0 aliphatic heterocycles. The van der Waals surface area contributed by atoms with Crippen LogP contribution in [-0.4, -0.2) is 163 Å². The second kappa shape index (κ2) is 32.8. The summed E-state index contributed by atoms with van der Waals surface area (Å²) in [7, 11) is 2.51. The number of carboxylic acid groups (broad SMARTS) is 5. The number of carbonyl (C=O) groups is 11. The molecule has 2 rings (SSSR count). The van der Waals surface area contributed by atoms with Gasteiger partial charge in [-0.3, -0.25) is 38.4 Å². The molecular weight excluding hydrogens is 1010 g/mol. The normalized spacial score (nSPS) is 13.6. The summed E-state index contributed by atoms with van der Waals surface area (Å²) in [6, 6.07) is 6.75. The predicted octanol–water partition coefficient (Wildman–Crippen LogP) is -1.66. The molecule has 0 saturated carbocycles. The lowest BCUT2D eigenvalue weighted by Gasteiger charge is -2.25. The summed E-state index contributed by atoms with van der Waals surface area (Å²) in [6.45, 7) is 1.01. The zero-order chi connectivity index (χ0) is 53.8. The van der Waals surface area contributed by atoms with E-state index in [4.69, 9.17) is 23.1 Å². The molecule has 7 atom stereocenters. The zero-order valence-corrected chi connectivity index (χ0v) is 41.3. The first-order valence-corrected chi connectivity index (χ1v) is 25.0. The number of rotatable bonds is 34. The van der Waals surface area contributed by atoms with Gasteiger partial charge in [-0.05, 0) is 36.2 Å². The van der Waals surface area contributed by atoms with Gasteiger partial charge in [-0.1, -0.05) is 89.2 Å². The number of hydrogen-bond donors (Lipinski definition) is 14. The van der Waals surface area contributed by atoms with E-state index in [1.807, 2.05) is 6.92 Å². The van der Waals surface area contributed by atoms with Gasteiger partial charge >= 0.3 is 29.8 Å². The van der Waals surface area contributed by atoms with Gasteiger partial charge in [-0.15, -0.1) is 0 Å². The van der Waals surface area contributed by atoms with Crippen LogP contribution in [0.2, 0.25) is 0 Å². The van der Waals surface area contributed by atoms with E-state index in [0.717, 1.165) is 0 Å². The molecule has 0 fully saturated rings. The van der Waals surface area contributed by atoms with E-state index in [2.05, 4.69) is 42.5 Å². The maximum atomic E-state index is 14.0. The molecule has 0 aromatic heterocycles. The molecule has 25 nitrogen and oxygen atoms in total. The third kappa shape index (κ3) is 24.7. The molecule has 28 heteroatoms. The minimum absolute atomic E-state index is 0.0573. The molecule has 0 aliphatic rings. The molecular formula is C44H59N9O16S3. The monoisotopic (exact) mass is 1070 g/mol. The van der Waals surface area contributed by atoms with Crippen molar-refractivity contribution in [3.05, 3.63) is 71.8 Å². The van der Waals surface area contributed by atoms with Crippen LogP contribution in [-0.2, 0) is 65.6 Å². The number of nitrogens with two attached hydrogens (primary N) is 1. The van der Waals surface area contributed by atoms with Gasteiger partial charge in [0, 0.05) is 56.7 Å². The lowest BCUT2D eigenvalue weighted by molar-refractivity contribution is -0.143. The van der Waals surface area contributed by atoms with E-state index >= 15 is 0 Å². The third-order valence-electron chi connectivity index (χ3n) is 9.93. The van der Waals surface area contributed by atoms with Crippen molar-refractivity contribution in [2.45, 2.75) is 101 Å². The van der Waals surface area contributed by atoms with Crippen LogP contribution >= 0.6 is 33.8 Å². The third-order valence-corrected chi connectivity index (χ3v) is 12.7. The van der Waals surface area contributed by atoms with Crippen molar-refractivity contribution >= 4 is 104 Å². The lowest BCUT2D eigenvalue weighted by Crippen LogP contribution is -2.58. The fraction of sp³-hybridized carbons (Fsp3) is 0.455. The SMILES string of the molecule is CCSSC[C@@H](NC(=O)[C@H](CC(=O)O)NC(=O)[C@@H](N)CNC(=O)[C@H](Cc1ccccc1)NC(=O)[C@H](Cc1ccccc1)NC(=O)CCNC(=O)CC[C@H](NC(=S)N[C@@H](CCC(=O)O)C(=O)O)C(=O)O)C(=O)O. The number of carboxylic acids is 5. The van der Waals surface area contributed by atoms with E-state index < -0.39 is 132 Å². The fourth-order valence-corrected chi connectivity index (χ4v) is 8.32. The number of carbonyl (C=O) groups excluding carboxylic acids is 6. The zero-order valence-electron chi connectivity index (χ0n) is 38.8. The molecule has 0 unspecified atom stereocenters. The van der Waals surface area contributed by atoms with Crippen LogP contribution in [0.4, 0.5) is 0 Å². The number of thiocarbonyl (C=S) groups is 1. The van der Waals surface area contributed by atoms with Crippen molar-refractivity contribution in [2.75, 3.05) is 24.6 Å². The Balaban J connectivity index is 2.13. The lowest BCUT2D eigenvalue weighted by atomic mass is 10.0. The quantitative estimate of drug-likeness (QED) is 0.0212. The highest BCUT2D eigenvalue weighted by molar-refractivity contribution is 8.76. The Labute approximate surface area is 426 Å². The van der Waals surface area contributed by atoms with Gasteiger partial charge in [-0.2, -0.15) is 0 Å². The average Bonchev–Trinajstić information content (AvgIpc) is 3.32. The van der Waals surface area contributed by atoms with E-state index in [-0.39, 0.29) is 50.8 Å². The van der Waals surface area contributed by atoms with Crippen molar-refractivity contribution in [3.8, 4) is 0 Å². The summed E-state index contributed by atoms with van der Waals surface area (Å²) in [5.41, 5.74) is 7.25. The fourth-order valence-electron chi connectivity index (χ4n) is 6.21. The largest absolute Gasteiger partial charge is 0.481 e. The molecule has 0 spiro atoms. The van der Waals surface area contributed by atoms with Crippen molar-refractivity contribution in [2.24, 2.45) is 5.73 Å². The molecule has 394 valence electrons. The second-order valence-corrected chi connectivity index (χ2v) is 18.8. The van der Waals surface area contributed by atoms with E-state index in [9.17, 15) is 73.2 Å². The number of aliphatic carboxylic acids is 5. The molecule has 6 amide bonds. The Morgan fingerprint density at radius 1 is 0.528 bits per heavy atom. The Hall–Kier alpha value is -7.04. The van der Waals surface area contributed by atoms with Gasteiger partial charge in [0.2, 0.25) is 35.4 Å². The summed E-state index contributed by atoms with van der Waals surface area (Å²) in [4.78, 5) is 137.